The van der Waals surface area contributed by atoms with Crippen LogP contribution in [0.1, 0.15) is 29.5 Å². The predicted molar refractivity (Wildman–Crippen MR) is 139 cm³/mol. The van der Waals surface area contributed by atoms with E-state index >= 15 is 0 Å². The number of aryl methyl sites for hydroxylation is 2. The Morgan fingerprint density at radius 2 is 1.77 bits per heavy atom. The Hall–Kier alpha value is -3.07. The summed E-state index contributed by atoms with van der Waals surface area (Å²) in [4.78, 5) is 4.43. The smallest absolute Gasteiger partial charge is 0.413 e. The van der Waals surface area contributed by atoms with E-state index in [9.17, 15) is 13.2 Å². The fourth-order valence-electron chi connectivity index (χ4n) is 3.72. The van der Waals surface area contributed by atoms with Gasteiger partial charge in [-0.3, -0.25) is 0 Å². The van der Waals surface area contributed by atoms with E-state index in [1.807, 2.05) is 12.1 Å². The van der Waals surface area contributed by atoms with Crippen molar-refractivity contribution in [1.29, 1.82) is 0 Å². The van der Waals surface area contributed by atoms with Crippen LogP contribution in [-0.4, -0.2) is 46.1 Å². The lowest BCUT2D eigenvalue weighted by molar-refractivity contribution is -0.156. The van der Waals surface area contributed by atoms with Crippen LogP contribution in [0.15, 0.2) is 59.3 Å². The van der Waals surface area contributed by atoms with E-state index in [-0.39, 0.29) is 16.4 Å². The third-order valence-electron chi connectivity index (χ3n) is 5.62. The second kappa shape index (κ2) is 11.1. The van der Waals surface area contributed by atoms with E-state index in [1.54, 1.807) is 12.1 Å². The van der Waals surface area contributed by atoms with Crippen molar-refractivity contribution in [1.82, 2.24) is 15.1 Å². The first-order valence-corrected chi connectivity index (χ1v) is 13.2. The van der Waals surface area contributed by atoms with Crippen LogP contribution in [0.4, 0.5) is 18.9 Å². The lowest BCUT2D eigenvalue weighted by Crippen LogP contribution is -2.36. The zero-order valence-electron chi connectivity index (χ0n) is 20.5. The monoisotopic (exact) mass is 504 g/mol. The molecule has 9 heteroatoms. The van der Waals surface area contributed by atoms with Gasteiger partial charge in [-0.05, 0) is 56.4 Å². The molecule has 0 N–H and O–H groups in total. The van der Waals surface area contributed by atoms with Gasteiger partial charge in [-0.1, -0.05) is 42.3 Å². The number of halogens is 3. The summed E-state index contributed by atoms with van der Waals surface area (Å²) in [6.07, 6.45) is -2.55. The highest BCUT2D eigenvalue weighted by Gasteiger charge is 2.38. The van der Waals surface area contributed by atoms with E-state index in [2.05, 4.69) is 77.7 Å². The Bertz CT molecular complexity index is 1190. The fraction of sp³-hybridized carbons (Fsp3) is 0.346. The molecule has 0 spiro atoms. The first kappa shape index (κ1) is 26.5. The van der Waals surface area contributed by atoms with Crippen LogP contribution in [0.2, 0.25) is 0 Å². The van der Waals surface area contributed by atoms with E-state index in [1.165, 1.54) is 5.56 Å². The summed E-state index contributed by atoms with van der Waals surface area (Å²) in [5.41, 5.74) is 4.76. The minimum Gasteiger partial charge on any atom is -0.413 e. The van der Waals surface area contributed by atoms with Gasteiger partial charge in [0.2, 0.25) is 5.89 Å². The number of alkyl halides is 3. The highest BCUT2D eigenvalue weighted by Crippen LogP contribution is 2.31. The first-order chi connectivity index (χ1) is 16.5. The number of hydrogen-bond acceptors (Lipinski definition) is 5. The van der Waals surface area contributed by atoms with E-state index in [0.717, 1.165) is 41.5 Å². The highest BCUT2D eigenvalue weighted by atomic mass is 32.2. The van der Waals surface area contributed by atoms with Gasteiger partial charge < -0.3 is 14.2 Å². The molecule has 1 aromatic heterocycles. The molecule has 1 heterocycles. The Morgan fingerprint density at radius 1 is 1.09 bits per heavy atom. The third kappa shape index (κ3) is 6.75. The molecule has 0 aliphatic rings. The molecule has 0 aliphatic carbocycles. The zero-order valence-corrected chi connectivity index (χ0v) is 21.3. The van der Waals surface area contributed by atoms with Crippen molar-refractivity contribution in [2.45, 2.75) is 33.5 Å². The Balaban J connectivity index is 1.89. The van der Waals surface area contributed by atoms with Gasteiger partial charge in [-0.15, -0.1) is 10.2 Å². The van der Waals surface area contributed by atoms with Gasteiger partial charge in [0.05, 0.1) is 0 Å². The third-order valence-corrected chi connectivity index (χ3v) is 6.50. The molecule has 3 rings (SSSR count). The standard InChI is InChI=1S/C26H31F3N4OS/c1-7-32(14-15-35(5)6)20(4)33(23-13-8-18(2)16-19(23)3)17-21-9-11-22(12-10-21)24-30-31-25(34-24)26(27,28)29/h8-13,16H,4-5,7,14-15,17H2,1-3,6H3. The minimum absolute atomic E-state index is 0.0761. The quantitative estimate of drug-likeness (QED) is 0.295. The molecule has 0 saturated carbocycles. The minimum atomic E-state index is -4.67. The van der Waals surface area contributed by atoms with Gasteiger partial charge in [0.15, 0.2) is 0 Å². The normalized spacial score (nSPS) is 12.4. The maximum Gasteiger partial charge on any atom is 0.470 e. The average molecular weight is 505 g/mol. The Kier molecular flexibility index (Phi) is 8.43. The van der Waals surface area contributed by atoms with Crippen molar-refractivity contribution in [2.75, 3.05) is 30.0 Å². The van der Waals surface area contributed by atoms with Crippen LogP contribution in [0.25, 0.3) is 11.5 Å². The van der Waals surface area contributed by atoms with Crippen molar-refractivity contribution < 1.29 is 17.6 Å². The van der Waals surface area contributed by atoms with Crippen molar-refractivity contribution in [3.05, 3.63) is 77.4 Å². The van der Waals surface area contributed by atoms with Crippen molar-refractivity contribution >= 4 is 22.0 Å². The summed E-state index contributed by atoms with van der Waals surface area (Å²) in [6, 6.07) is 13.4. The molecule has 1 unspecified atom stereocenters. The maximum absolute atomic E-state index is 12.8. The predicted octanol–water partition coefficient (Wildman–Crippen LogP) is 6.50. The maximum atomic E-state index is 12.8. The second-order valence-electron chi connectivity index (χ2n) is 8.46. The number of anilines is 1. The molecule has 5 nitrogen and oxygen atoms in total. The lowest BCUT2D eigenvalue weighted by atomic mass is 10.1. The molecule has 0 amide bonds. The highest BCUT2D eigenvalue weighted by molar-refractivity contribution is 8.13. The topological polar surface area (TPSA) is 45.4 Å². The van der Waals surface area contributed by atoms with E-state index in [0.29, 0.717) is 12.1 Å². The first-order valence-electron chi connectivity index (χ1n) is 11.2. The molecular formula is C26H31F3N4OS. The summed E-state index contributed by atoms with van der Waals surface area (Å²) in [5, 5.41) is 6.64. The zero-order chi connectivity index (χ0) is 25.8. The summed E-state index contributed by atoms with van der Waals surface area (Å²) >= 11 is 0. The largest absolute Gasteiger partial charge is 0.470 e. The molecular weight excluding hydrogens is 473 g/mol. The molecule has 0 aliphatic heterocycles. The molecule has 0 fully saturated rings. The van der Waals surface area contributed by atoms with Crippen LogP contribution < -0.4 is 4.90 Å². The molecule has 0 radical (unpaired) electrons. The van der Waals surface area contributed by atoms with Gasteiger partial charge in [-0.25, -0.2) is 0 Å². The van der Waals surface area contributed by atoms with Crippen molar-refractivity contribution in [3.8, 4) is 11.5 Å². The van der Waals surface area contributed by atoms with Crippen LogP contribution in [0.3, 0.4) is 0 Å². The summed E-state index contributed by atoms with van der Waals surface area (Å²) in [5.74, 6) is 4.47. The van der Waals surface area contributed by atoms with Gasteiger partial charge in [0.25, 0.3) is 0 Å². The Labute approximate surface area is 207 Å². The van der Waals surface area contributed by atoms with Crippen LogP contribution in [0.5, 0.6) is 0 Å². The SMILES string of the molecule is C=C(N(CC)CCS(=C)C)N(Cc1ccc(-c2nnc(C(F)(F)F)o2)cc1)c1ccc(C)cc1C. The second-order valence-corrected chi connectivity index (χ2v) is 10.4. The number of hydrogen-bond donors (Lipinski definition) is 0. The summed E-state index contributed by atoms with van der Waals surface area (Å²) in [6.45, 7) is 12.9. The molecule has 3 aromatic rings. The van der Waals surface area contributed by atoms with Crippen LogP contribution >= 0.6 is 10.5 Å². The van der Waals surface area contributed by atoms with E-state index < -0.39 is 12.1 Å². The van der Waals surface area contributed by atoms with Crippen LogP contribution in [0, 0.1) is 13.8 Å². The molecule has 2 aromatic carbocycles. The molecule has 0 saturated heterocycles. The van der Waals surface area contributed by atoms with Crippen molar-refractivity contribution in [3.63, 3.8) is 0 Å². The van der Waals surface area contributed by atoms with Crippen molar-refractivity contribution in [2.24, 2.45) is 0 Å². The summed E-state index contributed by atoms with van der Waals surface area (Å²) in [7, 11) is 0.0761. The number of nitrogens with zero attached hydrogens (tertiary/aromatic N) is 4. The fourth-order valence-corrected chi connectivity index (χ4v) is 4.25. The number of rotatable bonds is 10. The van der Waals surface area contributed by atoms with E-state index in [4.69, 9.17) is 4.42 Å². The number of benzene rings is 2. The lowest BCUT2D eigenvalue weighted by Gasteiger charge is -2.36. The Morgan fingerprint density at radius 3 is 2.31 bits per heavy atom. The molecule has 1 atom stereocenters. The average Bonchev–Trinajstić information content (AvgIpc) is 3.29. The molecule has 188 valence electrons. The van der Waals surface area contributed by atoms with Gasteiger partial charge in [0, 0.05) is 36.6 Å². The van der Waals surface area contributed by atoms with Gasteiger partial charge in [0.1, 0.15) is 5.82 Å². The number of aromatic nitrogens is 2. The van der Waals surface area contributed by atoms with Gasteiger partial charge >= 0.3 is 12.1 Å². The van der Waals surface area contributed by atoms with Crippen LogP contribution in [-0.2, 0) is 12.7 Å². The molecule has 35 heavy (non-hydrogen) atoms. The van der Waals surface area contributed by atoms with Gasteiger partial charge in [-0.2, -0.15) is 23.7 Å². The molecule has 0 bridgehead atoms. The summed E-state index contributed by atoms with van der Waals surface area (Å²) < 4.78 is 43.2.